The van der Waals surface area contributed by atoms with Gasteiger partial charge in [0.25, 0.3) is 0 Å². The van der Waals surface area contributed by atoms with E-state index in [2.05, 4.69) is 46.5 Å². The highest BCUT2D eigenvalue weighted by Crippen LogP contribution is 2.21. The van der Waals surface area contributed by atoms with E-state index >= 15 is 0 Å². The van der Waals surface area contributed by atoms with Crippen molar-refractivity contribution >= 4 is 17.6 Å². The summed E-state index contributed by atoms with van der Waals surface area (Å²) in [6.45, 7) is 10.6. The van der Waals surface area contributed by atoms with Crippen molar-refractivity contribution in [3.05, 3.63) is 29.8 Å². The molecule has 166 valence electrons. The Hall–Kier alpha value is -2.12. The highest BCUT2D eigenvalue weighted by molar-refractivity contribution is 5.95. The Balaban J connectivity index is 1.49. The Morgan fingerprint density at radius 3 is 2.47 bits per heavy atom. The lowest BCUT2D eigenvalue weighted by Crippen LogP contribution is -2.50. The molecule has 0 spiro atoms. The molecule has 1 aromatic carbocycles. The number of ether oxygens (including phenoxy) is 1. The monoisotopic (exact) mass is 415 g/mol. The minimum absolute atomic E-state index is 0.224. The molecule has 1 aromatic rings. The van der Waals surface area contributed by atoms with Gasteiger partial charge in [-0.15, -0.1) is 0 Å². The van der Waals surface area contributed by atoms with E-state index in [0.29, 0.717) is 24.9 Å². The van der Waals surface area contributed by atoms with E-state index in [0.717, 1.165) is 63.9 Å². The summed E-state index contributed by atoms with van der Waals surface area (Å²) < 4.78 is 5.52. The summed E-state index contributed by atoms with van der Waals surface area (Å²) in [5.41, 5.74) is 2.16. The van der Waals surface area contributed by atoms with Gasteiger partial charge in [0.1, 0.15) is 0 Å². The second-order valence-corrected chi connectivity index (χ2v) is 8.55. The Morgan fingerprint density at radius 2 is 1.87 bits per heavy atom. The highest BCUT2D eigenvalue weighted by Gasteiger charge is 2.23. The van der Waals surface area contributed by atoms with E-state index in [1.807, 2.05) is 24.1 Å². The lowest BCUT2D eigenvalue weighted by atomic mass is 10.0. The number of nitrogens with one attached hydrogen (secondary N) is 2. The molecule has 0 aromatic heterocycles. The van der Waals surface area contributed by atoms with Crippen molar-refractivity contribution in [2.45, 2.75) is 45.7 Å². The molecule has 30 heavy (non-hydrogen) atoms. The molecule has 3 rings (SSSR count). The van der Waals surface area contributed by atoms with Crippen molar-refractivity contribution in [1.82, 2.24) is 15.5 Å². The number of hydrogen-bond donors (Lipinski definition) is 2. The normalized spacial score (nSPS) is 19.4. The molecule has 2 N–H and O–H groups in total. The number of guanidine groups is 1. The van der Waals surface area contributed by atoms with Gasteiger partial charge >= 0.3 is 0 Å². The van der Waals surface area contributed by atoms with Gasteiger partial charge in [-0.05, 0) is 36.5 Å². The summed E-state index contributed by atoms with van der Waals surface area (Å²) in [6, 6.07) is 8.71. The number of hydrogen-bond acceptors (Lipinski definition) is 4. The third kappa shape index (κ3) is 6.44. The van der Waals surface area contributed by atoms with Crippen molar-refractivity contribution in [2.75, 3.05) is 51.3 Å². The number of amides is 1. The second kappa shape index (κ2) is 11.3. The fourth-order valence-electron chi connectivity index (χ4n) is 4.18. The fourth-order valence-corrected chi connectivity index (χ4v) is 4.18. The summed E-state index contributed by atoms with van der Waals surface area (Å²) in [4.78, 5) is 20.7. The summed E-state index contributed by atoms with van der Waals surface area (Å²) in [7, 11) is 1.81. The molecule has 0 aliphatic carbocycles. The predicted octanol–water partition coefficient (Wildman–Crippen LogP) is 2.23. The van der Waals surface area contributed by atoms with Gasteiger partial charge in [-0.25, -0.2) is 0 Å². The molecule has 1 unspecified atom stereocenters. The molecule has 0 bridgehead atoms. The molecule has 1 amide bonds. The van der Waals surface area contributed by atoms with Gasteiger partial charge in [-0.2, -0.15) is 0 Å². The van der Waals surface area contributed by atoms with E-state index in [1.165, 1.54) is 5.56 Å². The minimum atomic E-state index is 0.224. The number of nitrogens with zero attached hydrogens (tertiary/aromatic N) is 3. The number of carbonyl (C=O) groups excluding carboxylic acids is 1. The van der Waals surface area contributed by atoms with Crippen LogP contribution in [0.2, 0.25) is 0 Å². The maximum atomic E-state index is 11.9. The Kier molecular flexibility index (Phi) is 8.51. The van der Waals surface area contributed by atoms with Crippen molar-refractivity contribution in [2.24, 2.45) is 10.9 Å². The molecule has 1 atom stereocenters. The molecule has 2 aliphatic rings. The zero-order valence-electron chi connectivity index (χ0n) is 18.7. The van der Waals surface area contributed by atoms with Crippen molar-refractivity contribution in [3.63, 3.8) is 0 Å². The Morgan fingerprint density at radius 1 is 1.13 bits per heavy atom. The van der Waals surface area contributed by atoms with Crippen LogP contribution in [0.4, 0.5) is 5.69 Å². The summed E-state index contributed by atoms with van der Waals surface area (Å²) >= 11 is 0. The summed E-state index contributed by atoms with van der Waals surface area (Å²) in [5, 5.41) is 6.92. The van der Waals surface area contributed by atoms with Crippen molar-refractivity contribution in [1.29, 1.82) is 0 Å². The highest BCUT2D eigenvalue weighted by atomic mass is 16.5. The van der Waals surface area contributed by atoms with E-state index in [1.54, 1.807) is 0 Å². The maximum Gasteiger partial charge on any atom is 0.227 e. The molecule has 2 saturated heterocycles. The minimum Gasteiger partial charge on any atom is -0.379 e. The van der Waals surface area contributed by atoms with Gasteiger partial charge in [-0.3, -0.25) is 14.7 Å². The molecule has 0 radical (unpaired) electrons. The number of rotatable bonds is 8. The van der Waals surface area contributed by atoms with Crippen LogP contribution in [0.25, 0.3) is 0 Å². The lowest BCUT2D eigenvalue weighted by molar-refractivity contribution is -0.117. The van der Waals surface area contributed by atoms with Crippen LogP contribution in [0.1, 0.15) is 38.7 Å². The zero-order valence-corrected chi connectivity index (χ0v) is 18.7. The largest absolute Gasteiger partial charge is 0.379 e. The standard InChI is InChI=1S/C23H37N5O2/c1-18(2)15-21(27-11-13-30-14-12-27)17-26-23(24-3)25-16-19-6-8-20(9-7-19)28-10-4-5-22(28)29/h6-9,18,21H,4-5,10-17H2,1-3H3,(H2,24,25,26). The number of benzene rings is 1. The van der Waals surface area contributed by atoms with Crippen LogP contribution in [0.3, 0.4) is 0 Å². The van der Waals surface area contributed by atoms with E-state index in [4.69, 9.17) is 4.74 Å². The molecule has 2 heterocycles. The van der Waals surface area contributed by atoms with E-state index < -0.39 is 0 Å². The van der Waals surface area contributed by atoms with Gasteiger partial charge in [0, 0.05) is 57.9 Å². The smallest absolute Gasteiger partial charge is 0.227 e. The van der Waals surface area contributed by atoms with Crippen LogP contribution >= 0.6 is 0 Å². The third-order valence-corrected chi connectivity index (χ3v) is 5.82. The van der Waals surface area contributed by atoms with Crippen LogP contribution in [0.5, 0.6) is 0 Å². The summed E-state index contributed by atoms with van der Waals surface area (Å²) in [5.74, 6) is 1.69. The predicted molar refractivity (Wildman–Crippen MR) is 122 cm³/mol. The third-order valence-electron chi connectivity index (χ3n) is 5.82. The van der Waals surface area contributed by atoms with Crippen LogP contribution in [-0.2, 0) is 16.1 Å². The average Bonchev–Trinajstić information content (AvgIpc) is 3.19. The van der Waals surface area contributed by atoms with Crippen molar-refractivity contribution < 1.29 is 9.53 Å². The van der Waals surface area contributed by atoms with Gasteiger partial charge in [-0.1, -0.05) is 26.0 Å². The molecule has 2 aliphatic heterocycles. The summed E-state index contributed by atoms with van der Waals surface area (Å²) in [6.07, 6.45) is 2.76. The number of aliphatic imine (C=N–C) groups is 1. The molecule has 7 nitrogen and oxygen atoms in total. The van der Waals surface area contributed by atoms with E-state index in [9.17, 15) is 4.79 Å². The Bertz CT molecular complexity index is 698. The van der Waals surface area contributed by atoms with Crippen molar-refractivity contribution in [3.8, 4) is 0 Å². The zero-order chi connectivity index (χ0) is 21.3. The van der Waals surface area contributed by atoms with Gasteiger partial charge in [0.15, 0.2) is 5.96 Å². The van der Waals surface area contributed by atoms with Crippen LogP contribution in [-0.4, -0.2) is 69.2 Å². The van der Waals surface area contributed by atoms with Gasteiger partial charge in [0.05, 0.1) is 13.2 Å². The van der Waals surface area contributed by atoms with Crippen LogP contribution in [0, 0.1) is 5.92 Å². The van der Waals surface area contributed by atoms with E-state index in [-0.39, 0.29) is 5.91 Å². The van der Waals surface area contributed by atoms with Crippen LogP contribution < -0.4 is 15.5 Å². The molecular formula is C23H37N5O2. The molecule has 0 saturated carbocycles. The molecule has 2 fully saturated rings. The second-order valence-electron chi connectivity index (χ2n) is 8.55. The lowest BCUT2D eigenvalue weighted by Gasteiger charge is -2.35. The van der Waals surface area contributed by atoms with Crippen LogP contribution in [0.15, 0.2) is 29.3 Å². The fraction of sp³-hybridized carbons (Fsp3) is 0.652. The quantitative estimate of drug-likeness (QED) is 0.503. The van der Waals surface area contributed by atoms with Gasteiger partial charge in [0.2, 0.25) is 5.91 Å². The number of carbonyl (C=O) groups is 1. The first kappa shape index (κ1) is 22.6. The molecular weight excluding hydrogens is 378 g/mol. The Labute approximate surface area is 180 Å². The number of anilines is 1. The first-order valence-corrected chi connectivity index (χ1v) is 11.2. The first-order valence-electron chi connectivity index (χ1n) is 11.2. The molecule has 7 heteroatoms. The average molecular weight is 416 g/mol. The number of morpholine rings is 1. The SMILES string of the molecule is CN=C(NCc1ccc(N2CCCC2=O)cc1)NCC(CC(C)C)N1CCOCC1. The topological polar surface area (TPSA) is 69.2 Å². The maximum absolute atomic E-state index is 11.9. The first-order chi connectivity index (χ1) is 14.6. The van der Waals surface area contributed by atoms with Gasteiger partial charge < -0.3 is 20.3 Å².